The van der Waals surface area contributed by atoms with Crippen molar-refractivity contribution < 1.29 is 37.3 Å². The molecule has 162 valence electrons. The predicted octanol–water partition coefficient (Wildman–Crippen LogP) is 3.23. The smallest absolute Gasteiger partial charge is 0.475 e. The van der Waals surface area contributed by atoms with Crippen LogP contribution in [-0.4, -0.2) is 64.4 Å². The fraction of sp³-hybridized carbons (Fsp3) is 0.421. The summed E-state index contributed by atoms with van der Waals surface area (Å²) in [6, 6.07) is 9.41. The number of hydrogen-bond acceptors (Lipinski definition) is 6. The summed E-state index contributed by atoms with van der Waals surface area (Å²) in [4.78, 5) is 28.2. The summed E-state index contributed by atoms with van der Waals surface area (Å²) in [6.45, 7) is 1.94. The molecule has 2 aliphatic heterocycles. The van der Waals surface area contributed by atoms with Gasteiger partial charge in [0.15, 0.2) is 0 Å². The Kier molecular flexibility index (Phi) is 6.61. The topological polar surface area (TPSA) is 89.0 Å². The van der Waals surface area contributed by atoms with Gasteiger partial charge >= 0.3 is 12.1 Å². The number of aliphatic carboxylic acids is 1. The molecule has 1 amide bonds. The number of carboxylic acids is 1. The minimum atomic E-state index is -5.08. The maximum Gasteiger partial charge on any atom is 0.490 e. The first kappa shape index (κ1) is 22.0. The lowest BCUT2D eigenvalue weighted by Crippen LogP contribution is -2.36. The highest BCUT2D eigenvalue weighted by molar-refractivity contribution is 7.12. The number of carboxylic acid groups (broad SMARTS) is 1. The average Bonchev–Trinajstić information content (AvgIpc) is 3.45. The van der Waals surface area contributed by atoms with E-state index in [1.54, 1.807) is 6.20 Å². The Labute approximate surface area is 174 Å². The third-order valence-electron chi connectivity index (χ3n) is 4.68. The van der Waals surface area contributed by atoms with Gasteiger partial charge < -0.3 is 19.5 Å². The highest BCUT2D eigenvalue weighted by Gasteiger charge is 2.47. The monoisotopic (exact) mass is 444 g/mol. The molecule has 11 heteroatoms. The van der Waals surface area contributed by atoms with Gasteiger partial charge in [-0.3, -0.25) is 4.79 Å². The summed E-state index contributed by atoms with van der Waals surface area (Å²) in [5, 5.41) is 9.06. The van der Waals surface area contributed by atoms with Crippen LogP contribution in [0, 0.1) is 0 Å². The van der Waals surface area contributed by atoms with Gasteiger partial charge in [-0.2, -0.15) is 13.2 Å². The van der Waals surface area contributed by atoms with Crippen molar-refractivity contribution in [2.24, 2.45) is 0 Å². The van der Waals surface area contributed by atoms with Crippen LogP contribution in [0.4, 0.5) is 13.2 Å². The first-order valence-electron chi connectivity index (χ1n) is 9.03. The Balaban J connectivity index is 0.000000318. The molecule has 0 aromatic carbocycles. The molecule has 7 nitrogen and oxygen atoms in total. The number of pyridine rings is 1. The molecule has 0 radical (unpaired) electrons. The molecule has 2 atom stereocenters. The van der Waals surface area contributed by atoms with Crippen LogP contribution in [-0.2, 0) is 9.53 Å². The van der Waals surface area contributed by atoms with Crippen LogP contribution in [0.2, 0.25) is 0 Å². The second-order valence-electron chi connectivity index (χ2n) is 6.86. The first-order chi connectivity index (χ1) is 14.2. The minimum absolute atomic E-state index is 0.00156. The van der Waals surface area contributed by atoms with Gasteiger partial charge in [0.2, 0.25) is 5.88 Å². The van der Waals surface area contributed by atoms with Crippen LogP contribution in [0.25, 0.3) is 0 Å². The van der Waals surface area contributed by atoms with Crippen LogP contribution < -0.4 is 4.74 Å². The molecule has 2 aliphatic rings. The van der Waals surface area contributed by atoms with E-state index in [9.17, 15) is 18.0 Å². The van der Waals surface area contributed by atoms with Gasteiger partial charge in [-0.05, 0) is 23.9 Å². The summed E-state index contributed by atoms with van der Waals surface area (Å²) < 4.78 is 43.7. The molecule has 0 unspecified atom stereocenters. The lowest BCUT2D eigenvalue weighted by molar-refractivity contribution is -0.192. The van der Waals surface area contributed by atoms with Crippen molar-refractivity contribution in [3.05, 3.63) is 46.8 Å². The molecule has 0 aliphatic carbocycles. The fourth-order valence-corrected chi connectivity index (χ4v) is 4.02. The molecule has 30 heavy (non-hydrogen) atoms. The normalized spacial score (nSPS) is 23.2. The zero-order valence-electron chi connectivity index (χ0n) is 15.7. The van der Waals surface area contributed by atoms with Crippen LogP contribution >= 0.6 is 11.3 Å². The Morgan fingerprint density at radius 1 is 1.30 bits per heavy atom. The molecule has 0 saturated carbocycles. The summed E-state index contributed by atoms with van der Waals surface area (Å²) in [7, 11) is 0. The van der Waals surface area contributed by atoms with E-state index in [0.717, 1.165) is 24.3 Å². The van der Waals surface area contributed by atoms with Crippen molar-refractivity contribution in [2.75, 3.05) is 19.7 Å². The van der Waals surface area contributed by atoms with Crippen LogP contribution in [0.5, 0.6) is 5.88 Å². The van der Waals surface area contributed by atoms with Gasteiger partial charge in [-0.25, -0.2) is 9.78 Å². The summed E-state index contributed by atoms with van der Waals surface area (Å²) >= 11 is 1.49. The van der Waals surface area contributed by atoms with Gasteiger partial charge in [0.25, 0.3) is 5.91 Å². The molecular formula is C19H19F3N2O5S. The van der Waals surface area contributed by atoms with Crippen molar-refractivity contribution in [1.82, 2.24) is 9.88 Å². The third-order valence-corrected chi connectivity index (χ3v) is 5.54. The molecule has 2 aromatic rings. The number of aromatic nitrogens is 1. The number of rotatable bonds is 3. The van der Waals surface area contributed by atoms with E-state index in [1.165, 1.54) is 11.3 Å². The number of alkyl halides is 3. The maximum absolute atomic E-state index is 12.5. The van der Waals surface area contributed by atoms with Gasteiger partial charge in [0.05, 0.1) is 23.6 Å². The number of carbonyl (C=O) groups excluding carboxylic acids is 1. The van der Waals surface area contributed by atoms with E-state index in [4.69, 9.17) is 19.4 Å². The molecule has 2 saturated heterocycles. The van der Waals surface area contributed by atoms with Crippen molar-refractivity contribution in [3.63, 3.8) is 0 Å². The zero-order valence-corrected chi connectivity index (χ0v) is 16.5. The molecule has 1 N–H and O–H groups in total. The highest BCUT2D eigenvalue weighted by atomic mass is 32.1. The molecule has 2 aromatic heterocycles. The highest BCUT2D eigenvalue weighted by Crippen LogP contribution is 2.37. The quantitative estimate of drug-likeness (QED) is 0.782. The van der Waals surface area contributed by atoms with E-state index >= 15 is 0 Å². The van der Waals surface area contributed by atoms with Crippen LogP contribution in [0.15, 0.2) is 41.9 Å². The molecule has 1 spiro atoms. The zero-order chi connectivity index (χ0) is 21.8. The van der Waals surface area contributed by atoms with Gasteiger partial charge in [-0.15, -0.1) is 11.3 Å². The van der Waals surface area contributed by atoms with E-state index in [-0.39, 0.29) is 17.6 Å². The fourth-order valence-electron chi connectivity index (χ4n) is 3.32. The number of halogens is 3. The SMILES string of the molecule is O=C(O)C(F)(F)F.O=C(c1cccs1)N1CC[C@]2(C[C@@H](Oc3ccccn3)CO2)C1. The number of nitrogens with zero attached hydrogens (tertiary/aromatic N) is 2. The maximum atomic E-state index is 12.5. The Morgan fingerprint density at radius 2 is 2.07 bits per heavy atom. The summed E-state index contributed by atoms with van der Waals surface area (Å²) in [5.74, 6) is -2.02. The number of amides is 1. The van der Waals surface area contributed by atoms with Crippen molar-refractivity contribution in [3.8, 4) is 5.88 Å². The molecular weight excluding hydrogens is 425 g/mol. The lowest BCUT2D eigenvalue weighted by atomic mass is 9.98. The third kappa shape index (κ3) is 5.48. The minimum Gasteiger partial charge on any atom is -0.475 e. The van der Waals surface area contributed by atoms with E-state index < -0.39 is 12.1 Å². The van der Waals surface area contributed by atoms with Crippen molar-refractivity contribution in [2.45, 2.75) is 30.7 Å². The number of thiophene rings is 1. The van der Waals surface area contributed by atoms with Crippen molar-refractivity contribution in [1.29, 1.82) is 0 Å². The van der Waals surface area contributed by atoms with E-state index in [0.29, 0.717) is 19.0 Å². The van der Waals surface area contributed by atoms with Gasteiger partial charge in [0.1, 0.15) is 6.10 Å². The Morgan fingerprint density at radius 3 is 2.67 bits per heavy atom. The van der Waals surface area contributed by atoms with Gasteiger partial charge in [0, 0.05) is 25.2 Å². The van der Waals surface area contributed by atoms with Gasteiger partial charge in [-0.1, -0.05) is 12.1 Å². The largest absolute Gasteiger partial charge is 0.490 e. The molecule has 2 fully saturated rings. The van der Waals surface area contributed by atoms with E-state index in [2.05, 4.69) is 4.98 Å². The molecule has 0 bridgehead atoms. The standard InChI is InChI=1S/C17H18N2O3S.C2HF3O2/c20-16(14-4-3-9-23-14)19-8-6-17(12-19)10-13(11-21-17)22-15-5-1-2-7-18-15;3-2(4,5)1(6)7/h1-5,7,9,13H,6,8,10-12H2;(H,6,7)/t13-,17+;/m1./s1. The predicted molar refractivity (Wildman–Crippen MR) is 100 cm³/mol. The van der Waals surface area contributed by atoms with Crippen LogP contribution in [0.3, 0.4) is 0 Å². The van der Waals surface area contributed by atoms with Crippen LogP contribution in [0.1, 0.15) is 22.5 Å². The number of hydrogen-bond donors (Lipinski definition) is 1. The first-order valence-corrected chi connectivity index (χ1v) is 9.91. The molecule has 4 heterocycles. The summed E-state index contributed by atoms with van der Waals surface area (Å²) in [5.41, 5.74) is -0.258. The summed E-state index contributed by atoms with van der Waals surface area (Å²) in [6.07, 6.45) is -1.69. The number of ether oxygens (including phenoxy) is 2. The Hall–Kier alpha value is -2.66. The number of likely N-dealkylation sites (tertiary alicyclic amines) is 1. The Bertz CT molecular complexity index is 863. The second kappa shape index (κ2) is 9.00. The second-order valence-corrected chi connectivity index (χ2v) is 7.81. The average molecular weight is 444 g/mol. The van der Waals surface area contributed by atoms with E-state index in [1.807, 2.05) is 40.6 Å². The number of carbonyl (C=O) groups is 2. The lowest BCUT2D eigenvalue weighted by Gasteiger charge is -2.23. The van der Waals surface area contributed by atoms with Crippen molar-refractivity contribution >= 4 is 23.2 Å². The molecule has 4 rings (SSSR count).